The number of nitrogens with one attached hydrogen (secondary N) is 1. The molecular formula is C26H32N2O5. The van der Waals surface area contributed by atoms with E-state index in [-0.39, 0.29) is 30.8 Å². The van der Waals surface area contributed by atoms with Crippen molar-refractivity contribution in [2.45, 2.75) is 45.1 Å². The molecular weight excluding hydrogens is 420 g/mol. The Labute approximate surface area is 194 Å². The zero-order chi connectivity index (χ0) is 24.2. The molecule has 1 aliphatic carbocycles. The molecule has 7 nitrogen and oxygen atoms in total. The molecule has 1 atom stereocenters. The van der Waals surface area contributed by atoms with Gasteiger partial charge in [0, 0.05) is 25.9 Å². The van der Waals surface area contributed by atoms with E-state index in [0.717, 1.165) is 11.1 Å². The number of hydrogen-bond acceptors (Lipinski definition) is 4. The molecule has 7 heteroatoms. The summed E-state index contributed by atoms with van der Waals surface area (Å²) in [6.07, 6.45) is 0.302. The van der Waals surface area contributed by atoms with Crippen LogP contribution in [0.15, 0.2) is 48.5 Å². The number of amides is 2. The number of carboxylic acids is 1. The Morgan fingerprint density at radius 3 is 2.15 bits per heavy atom. The molecule has 2 aromatic carbocycles. The first kappa shape index (κ1) is 24.3. The predicted octanol–water partition coefficient (Wildman–Crippen LogP) is 4.26. The van der Waals surface area contributed by atoms with Crippen molar-refractivity contribution in [1.29, 1.82) is 0 Å². The lowest BCUT2D eigenvalue weighted by molar-refractivity contribution is -0.155. The average molecular weight is 453 g/mol. The van der Waals surface area contributed by atoms with Gasteiger partial charge < -0.3 is 20.1 Å². The van der Waals surface area contributed by atoms with Gasteiger partial charge in [0.25, 0.3) is 0 Å². The summed E-state index contributed by atoms with van der Waals surface area (Å²) in [6, 6.07) is 16.3. The highest BCUT2D eigenvalue weighted by Crippen LogP contribution is 2.44. The molecule has 1 aliphatic rings. The number of fused-ring (bicyclic) bond motifs is 3. The van der Waals surface area contributed by atoms with Crippen LogP contribution in [0.2, 0.25) is 0 Å². The fourth-order valence-electron chi connectivity index (χ4n) is 4.06. The molecule has 2 aromatic rings. The molecule has 2 N–H and O–H groups in total. The molecule has 0 fully saturated rings. The van der Waals surface area contributed by atoms with E-state index in [2.05, 4.69) is 29.6 Å². The molecule has 0 bridgehead atoms. The standard InChI is InChI=1S/C26H32N2O5/c1-17(15-23(29)28(4)26(2,3)24(30)31)13-14-27-25(32)33-16-22-20-11-7-5-9-18(20)19-10-6-8-12-21(19)22/h5-12,17,22H,13-16H2,1-4H3,(H,27,32)(H,30,31). The third-order valence-corrected chi connectivity index (χ3v) is 6.51. The number of carbonyl (C=O) groups is 3. The second kappa shape index (κ2) is 10.1. The Morgan fingerprint density at radius 2 is 1.61 bits per heavy atom. The highest BCUT2D eigenvalue weighted by molar-refractivity contribution is 5.86. The molecule has 2 amide bonds. The van der Waals surface area contributed by atoms with Gasteiger partial charge in [-0.3, -0.25) is 4.79 Å². The van der Waals surface area contributed by atoms with Crippen molar-refractivity contribution in [3.05, 3.63) is 59.7 Å². The van der Waals surface area contributed by atoms with E-state index >= 15 is 0 Å². The molecule has 0 aliphatic heterocycles. The third kappa shape index (κ3) is 5.35. The van der Waals surface area contributed by atoms with Gasteiger partial charge in [-0.1, -0.05) is 55.5 Å². The van der Waals surface area contributed by atoms with Crippen molar-refractivity contribution in [2.75, 3.05) is 20.2 Å². The van der Waals surface area contributed by atoms with Crippen LogP contribution in [0.3, 0.4) is 0 Å². The Hall–Kier alpha value is -3.35. The van der Waals surface area contributed by atoms with E-state index in [0.29, 0.717) is 13.0 Å². The Morgan fingerprint density at radius 1 is 1.06 bits per heavy atom. The average Bonchev–Trinajstić information content (AvgIpc) is 3.10. The van der Waals surface area contributed by atoms with Crippen LogP contribution in [0.5, 0.6) is 0 Å². The number of hydrogen-bond donors (Lipinski definition) is 2. The van der Waals surface area contributed by atoms with Crippen molar-refractivity contribution in [2.24, 2.45) is 5.92 Å². The Balaban J connectivity index is 1.45. The molecule has 1 unspecified atom stereocenters. The van der Waals surface area contributed by atoms with Crippen LogP contribution < -0.4 is 5.32 Å². The summed E-state index contributed by atoms with van der Waals surface area (Å²) in [5.74, 6) is -1.30. The molecule has 33 heavy (non-hydrogen) atoms. The summed E-state index contributed by atoms with van der Waals surface area (Å²) in [7, 11) is 1.50. The zero-order valence-corrected chi connectivity index (χ0v) is 19.6. The van der Waals surface area contributed by atoms with Gasteiger partial charge in [0.1, 0.15) is 12.1 Å². The first-order valence-corrected chi connectivity index (χ1v) is 11.2. The van der Waals surface area contributed by atoms with E-state index in [1.165, 1.54) is 36.9 Å². The summed E-state index contributed by atoms with van der Waals surface area (Å²) in [6.45, 7) is 5.52. The normalized spacial score (nSPS) is 13.6. The first-order valence-electron chi connectivity index (χ1n) is 11.2. The van der Waals surface area contributed by atoms with Crippen molar-refractivity contribution in [3.8, 4) is 11.1 Å². The molecule has 0 heterocycles. The van der Waals surface area contributed by atoms with Gasteiger partial charge >= 0.3 is 12.1 Å². The topological polar surface area (TPSA) is 95.9 Å². The largest absolute Gasteiger partial charge is 0.480 e. The number of aliphatic carboxylic acids is 1. The van der Waals surface area contributed by atoms with Gasteiger partial charge in [0.15, 0.2) is 0 Å². The molecule has 0 spiro atoms. The number of benzene rings is 2. The smallest absolute Gasteiger partial charge is 0.407 e. The van der Waals surface area contributed by atoms with Gasteiger partial charge in [0.2, 0.25) is 5.91 Å². The quantitative estimate of drug-likeness (QED) is 0.593. The highest BCUT2D eigenvalue weighted by Gasteiger charge is 2.35. The van der Waals surface area contributed by atoms with Gasteiger partial charge in [-0.15, -0.1) is 0 Å². The van der Waals surface area contributed by atoms with E-state index in [1.807, 2.05) is 31.2 Å². The maximum atomic E-state index is 12.4. The molecule has 0 saturated carbocycles. The van der Waals surface area contributed by atoms with Gasteiger partial charge in [0.05, 0.1) is 0 Å². The maximum absolute atomic E-state index is 12.4. The lowest BCUT2D eigenvalue weighted by atomic mass is 9.98. The number of nitrogens with zero attached hydrogens (tertiary/aromatic N) is 1. The van der Waals surface area contributed by atoms with Crippen LogP contribution in [-0.4, -0.2) is 53.7 Å². The van der Waals surface area contributed by atoms with Crippen molar-refractivity contribution in [1.82, 2.24) is 10.2 Å². The van der Waals surface area contributed by atoms with Crippen LogP contribution in [0, 0.1) is 5.92 Å². The number of alkyl carbamates (subject to hydrolysis) is 1. The SMILES string of the molecule is CC(CCNC(=O)OCC1c2ccccc2-c2ccccc21)CC(=O)N(C)C(C)(C)C(=O)O. The zero-order valence-electron chi connectivity index (χ0n) is 19.6. The van der Waals surface area contributed by atoms with Crippen molar-refractivity contribution in [3.63, 3.8) is 0 Å². The summed E-state index contributed by atoms with van der Waals surface area (Å²) in [4.78, 5) is 37.3. The van der Waals surface area contributed by atoms with Crippen LogP contribution >= 0.6 is 0 Å². The Bertz CT molecular complexity index is 987. The molecule has 0 aromatic heterocycles. The molecule has 176 valence electrons. The summed E-state index contributed by atoms with van der Waals surface area (Å²) >= 11 is 0. The number of carboxylic acid groups (broad SMARTS) is 1. The number of rotatable bonds is 9. The van der Waals surface area contributed by atoms with Crippen molar-refractivity contribution < 1.29 is 24.2 Å². The summed E-state index contributed by atoms with van der Waals surface area (Å²) < 4.78 is 5.52. The Kier molecular flexibility index (Phi) is 7.41. The second-order valence-electron chi connectivity index (χ2n) is 9.17. The van der Waals surface area contributed by atoms with E-state index in [1.54, 1.807) is 0 Å². The minimum absolute atomic E-state index is 0.00724. The first-order chi connectivity index (χ1) is 15.6. The van der Waals surface area contributed by atoms with E-state index in [9.17, 15) is 19.5 Å². The fourth-order valence-corrected chi connectivity index (χ4v) is 4.06. The van der Waals surface area contributed by atoms with Crippen LogP contribution in [-0.2, 0) is 14.3 Å². The molecule has 3 rings (SSSR count). The number of carbonyl (C=O) groups excluding carboxylic acids is 2. The predicted molar refractivity (Wildman–Crippen MR) is 126 cm³/mol. The van der Waals surface area contributed by atoms with Gasteiger partial charge in [-0.05, 0) is 48.4 Å². The lowest BCUT2D eigenvalue weighted by Crippen LogP contribution is -2.51. The van der Waals surface area contributed by atoms with E-state index in [4.69, 9.17) is 4.74 Å². The van der Waals surface area contributed by atoms with Crippen LogP contribution in [0.4, 0.5) is 4.79 Å². The molecule has 0 saturated heterocycles. The monoisotopic (exact) mass is 452 g/mol. The van der Waals surface area contributed by atoms with Crippen LogP contribution in [0.25, 0.3) is 11.1 Å². The van der Waals surface area contributed by atoms with Gasteiger partial charge in [-0.2, -0.15) is 0 Å². The minimum Gasteiger partial charge on any atom is -0.480 e. The lowest BCUT2D eigenvalue weighted by Gasteiger charge is -2.32. The number of likely N-dealkylation sites (N-methyl/N-ethyl adjacent to an activating group) is 1. The summed E-state index contributed by atoms with van der Waals surface area (Å²) in [5, 5.41) is 12.0. The fraction of sp³-hybridized carbons (Fsp3) is 0.423. The van der Waals surface area contributed by atoms with Crippen LogP contribution in [0.1, 0.15) is 50.7 Å². The third-order valence-electron chi connectivity index (χ3n) is 6.51. The van der Waals surface area contributed by atoms with E-state index < -0.39 is 17.6 Å². The number of ether oxygens (including phenoxy) is 1. The minimum atomic E-state index is -1.27. The highest BCUT2D eigenvalue weighted by atomic mass is 16.5. The second-order valence-corrected chi connectivity index (χ2v) is 9.17. The molecule has 0 radical (unpaired) electrons. The maximum Gasteiger partial charge on any atom is 0.407 e. The van der Waals surface area contributed by atoms with Crippen molar-refractivity contribution >= 4 is 18.0 Å². The van der Waals surface area contributed by atoms with Gasteiger partial charge in [-0.25, -0.2) is 9.59 Å². The summed E-state index contributed by atoms with van der Waals surface area (Å²) in [5.41, 5.74) is 3.41.